The average molecular weight is 373 g/mol. The smallest absolute Gasteiger partial charge is 0.410 e. The van der Waals surface area contributed by atoms with Crippen molar-refractivity contribution >= 4 is 34.6 Å². The minimum atomic E-state index is -1.05. The number of carbonyl (C=O) groups excluding carboxylic acids is 2. The second-order valence-corrected chi connectivity index (χ2v) is 7.61. The molecule has 0 saturated carbocycles. The van der Waals surface area contributed by atoms with Crippen molar-refractivity contribution < 1.29 is 24.2 Å². The molecular weight excluding hydrogens is 350 g/mol. The summed E-state index contributed by atoms with van der Waals surface area (Å²) in [5, 5.41) is 12.5. The summed E-state index contributed by atoms with van der Waals surface area (Å²) < 4.78 is 5.38. The number of likely N-dealkylation sites (tertiary alicyclic amines) is 1. The molecule has 2 aromatic rings. The molecule has 1 aliphatic rings. The lowest BCUT2D eigenvalue weighted by molar-refractivity contribution is -0.120. The summed E-state index contributed by atoms with van der Waals surface area (Å²) in [6.07, 6.45) is 0.809. The number of rotatable bonds is 3. The molecule has 27 heavy (non-hydrogen) atoms. The summed E-state index contributed by atoms with van der Waals surface area (Å²) in [5.74, 6) is -1.33. The van der Waals surface area contributed by atoms with Crippen LogP contribution in [-0.4, -0.2) is 51.1 Å². The van der Waals surface area contributed by atoms with Gasteiger partial charge >= 0.3 is 12.1 Å². The van der Waals surface area contributed by atoms with Crippen molar-refractivity contribution in [3.63, 3.8) is 0 Å². The van der Waals surface area contributed by atoms with Gasteiger partial charge in [-0.05, 0) is 57.9 Å². The first kappa shape index (κ1) is 18.8. The van der Waals surface area contributed by atoms with E-state index in [2.05, 4.69) is 10.3 Å². The lowest BCUT2D eigenvalue weighted by atomic mass is 10.2. The number of carboxylic acids is 1. The van der Waals surface area contributed by atoms with Crippen LogP contribution in [0.4, 0.5) is 10.5 Å². The van der Waals surface area contributed by atoms with Crippen molar-refractivity contribution in [2.75, 3.05) is 11.9 Å². The number of carboxylic acid groups (broad SMARTS) is 1. The van der Waals surface area contributed by atoms with Crippen LogP contribution in [0.2, 0.25) is 0 Å². The number of H-pyrrole nitrogens is 1. The van der Waals surface area contributed by atoms with Gasteiger partial charge in [0.2, 0.25) is 5.91 Å². The predicted octanol–water partition coefficient (Wildman–Crippen LogP) is 3.20. The highest BCUT2D eigenvalue weighted by atomic mass is 16.6. The van der Waals surface area contributed by atoms with Crippen molar-refractivity contribution in [3.05, 3.63) is 30.0 Å². The molecule has 1 atom stereocenters. The van der Waals surface area contributed by atoms with Crippen LogP contribution in [0.3, 0.4) is 0 Å². The van der Waals surface area contributed by atoms with Crippen LogP contribution >= 0.6 is 0 Å². The third-order valence-electron chi connectivity index (χ3n) is 4.30. The van der Waals surface area contributed by atoms with Gasteiger partial charge in [-0.25, -0.2) is 9.59 Å². The minimum Gasteiger partial charge on any atom is -0.477 e. The normalized spacial score (nSPS) is 17.1. The first-order valence-corrected chi connectivity index (χ1v) is 8.80. The van der Waals surface area contributed by atoms with Gasteiger partial charge in [-0.2, -0.15) is 0 Å². The molecule has 144 valence electrons. The van der Waals surface area contributed by atoms with Gasteiger partial charge in [0.15, 0.2) is 0 Å². The molecule has 2 heterocycles. The quantitative estimate of drug-likeness (QED) is 0.765. The molecule has 8 heteroatoms. The number of ether oxygens (including phenoxy) is 1. The molecule has 1 saturated heterocycles. The third-order valence-corrected chi connectivity index (χ3v) is 4.30. The number of aromatic nitrogens is 1. The SMILES string of the molecule is CC(C)(C)OC(=O)N1CCC[C@H]1C(=O)Nc1ccc2[nH]c(C(=O)O)cc2c1. The van der Waals surface area contributed by atoms with Crippen LogP contribution in [0.25, 0.3) is 10.9 Å². The molecule has 1 aliphatic heterocycles. The molecular formula is C19H23N3O5. The summed E-state index contributed by atoms with van der Waals surface area (Å²) in [6.45, 7) is 5.83. The highest BCUT2D eigenvalue weighted by Gasteiger charge is 2.36. The number of benzene rings is 1. The number of aromatic amines is 1. The third kappa shape index (κ3) is 4.21. The Kier molecular flexibility index (Phi) is 4.82. The van der Waals surface area contributed by atoms with Crippen LogP contribution in [0.1, 0.15) is 44.1 Å². The van der Waals surface area contributed by atoms with E-state index in [0.717, 1.165) is 6.42 Å². The lowest BCUT2D eigenvalue weighted by Gasteiger charge is -2.28. The maximum Gasteiger partial charge on any atom is 0.410 e. The van der Waals surface area contributed by atoms with E-state index in [1.807, 2.05) is 0 Å². The molecule has 2 amide bonds. The predicted molar refractivity (Wildman–Crippen MR) is 99.8 cm³/mol. The molecule has 0 aliphatic carbocycles. The Morgan fingerprint density at radius 2 is 2.00 bits per heavy atom. The van der Waals surface area contributed by atoms with Crippen LogP contribution in [-0.2, 0) is 9.53 Å². The number of hydrogen-bond acceptors (Lipinski definition) is 4. The fourth-order valence-corrected chi connectivity index (χ4v) is 3.13. The number of aromatic carboxylic acids is 1. The molecule has 3 N–H and O–H groups in total. The van der Waals surface area contributed by atoms with Gasteiger partial charge in [0, 0.05) is 23.1 Å². The first-order valence-electron chi connectivity index (χ1n) is 8.80. The zero-order valence-electron chi connectivity index (χ0n) is 15.5. The molecule has 1 aromatic carbocycles. The number of nitrogens with one attached hydrogen (secondary N) is 2. The second kappa shape index (κ2) is 6.94. The van der Waals surface area contributed by atoms with E-state index >= 15 is 0 Å². The second-order valence-electron chi connectivity index (χ2n) is 7.61. The maximum atomic E-state index is 12.7. The average Bonchev–Trinajstić information content (AvgIpc) is 3.19. The van der Waals surface area contributed by atoms with Crippen molar-refractivity contribution in [1.82, 2.24) is 9.88 Å². The molecule has 1 fully saturated rings. The van der Waals surface area contributed by atoms with Crippen LogP contribution in [0.5, 0.6) is 0 Å². The molecule has 8 nitrogen and oxygen atoms in total. The summed E-state index contributed by atoms with van der Waals surface area (Å²) in [5.41, 5.74) is 0.670. The molecule has 0 unspecified atom stereocenters. The molecule has 0 spiro atoms. The van der Waals surface area contributed by atoms with E-state index in [1.165, 1.54) is 11.0 Å². The Balaban J connectivity index is 1.73. The zero-order valence-corrected chi connectivity index (χ0v) is 15.5. The number of fused-ring (bicyclic) bond motifs is 1. The van der Waals surface area contributed by atoms with Gasteiger partial charge in [-0.15, -0.1) is 0 Å². The fraction of sp³-hybridized carbons (Fsp3) is 0.421. The number of anilines is 1. The first-order chi connectivity index (χ1) is 12.6. The maximum absolute atomic E-state index is 12.7. The van der Waals surface area contributed by atoms with Gasteiger partial charge in [-0.3, -0.25) is 9.69 Å². The van der Waals surface area contributed by atoms with Gasteiger partial charge in [0.25, 0.3) is 0 Å². The van der Waals surface area contributed by atoms with Crippen LogP contribution in [0, 0.1) is 0 Å². The Hall–Kier alpha value is -3.03. The van der Waals surface area contributed by atoms with E-state index in [4.69, 9.17) is 9.84 Å². The lowest BCUT2D eigenvalue weighted by Crippen LogP contribution is -2.45. The number of carbonyl (C=O) groups is 3. The minimum absolute atomic E-state index is 0.0837. The van der Waals surface area contributed by atoms with Gasteiger partial charge in [0.05, 0.1) is 0 Å². The fourth-order valence-electron chi connectivity index (χ4n) is 3.13. The van der Waals surface area contributed by atoms with E-state index < -0.39 is 23.7 Å². The van der Waals surface area contributed by atoms with Crippen molar-refractivity contribution in [3.8, 4) is 0 Å². The monoisotopic (exact) mass is 373 g/mol. The van der Waals surface area contributed by atoms with Gasteiger partial charge in [-0.1, -0.05) is 0 Å². The number of hydrogen-bond donors (Lipinski definition) is 3. The van der Waals surface area contributed by atoms with E-state index in [1.54, 1.807) is 39.0 Å². The Bertz CT molecular complexity index is 896. The highest BCUT2D eigenvalue weighted by molar-refractivity contribution is 6.00. The Morgan fingerprint density at radius 3 is 2.67 bits per heavy atom. The topological polar surface area (TPSA) is 112 Å². The van der Waals surface area contributed by atoms with Gasteiger partial charge in [0.1, 0.15) is 17.3 Å². The Morgan fingerprint density at radius 1 is 1.26 bits per heavy atom. The highest BCUT2D eigenvalue weighted by Crippen LogP contribution is 2.24. The summed E-state index contributed by atoms with van der Waals surface area (Å²) in [4.78, 5) is 40.3. The summed E-state index contributed by atoms with van der Waals surface area (Å²) in [7, 11) is 0. The van der Waals surface area contributed by atoms with Crippen molar-refractivity contribution in [2.45, 2.75) is 45.3 Å². The number of nitrogens with zero attached hydrogens (tertiary/aromatic N) is 1. The summed E-state index contributed by atoms with van der Waals surface area (Å²) in [6, 6.07) is 6.02. The zero-order chi connectivity index (χ0) is 19.8. The largest absolute Gasteiger partial charge is 0.477 e. The van der Waals surface area contributed by atoms with Crippen LogP contribution < -0.4 is 5.32 Å². The van der Waals surface area contributed by atoms with Gasteiger partial charge < -0.3 is 20.1 Å². The van der Waals surface area contributed by atoms with E-state index in [9.17, 15) is 14.4 Å². The standard InChI is InChI=1S/C19H23N3O5/c1-19(2,3)27-18(26)22-8-4-5-15(22)16(23)20-12-6-7-13-11(9-12)10-14(21-13)17(24)25/h6-7,9-10,15,21H,4-5,8H2,1-3H3,(H,20,23)(H,24,25)/t15-/m0/s1. The molecule has 0 radical (unpaired) electrons. The van der Waals surface area contributed by atoms with Crippen molar-refractivity contribution in [2.24, 2.45) is 0 Å². The molecule has 3 rings (SSSR count). The van der Waals surface area contributed by atoms with E-state index in [0.29, 0.717) is 29.6 Å². The number of amides is 2. The molecule has 1 aromatic heterocycles. The Labute approximate surface area is 156 Å². The molecule has 0 bridgehead atoms. The van der Waals surface area contributed by atoms with Crippen molar-refractivity contribution in [1.29, 1.82) is 0 Å². The van der Waals surface area contributed by atoms with E-state index in [-0.39, 0.29) is 11.6 Å². The van der Waals surface area contributed by atoms with Crippen LogP contribution in [0.15, 0.2) is 24.3 Å². The summed E-state index contributed by atoms with van der Waals surface area (Å²) >= 11 is 0.